The Bertz CT molecular complexity index is 1080. The lowest BCUT2D eigenvalue weighted by Crippen LogP contribution is -2.39. The van der Waals surface area contributed by atoms with E-state index in [1.165, 1.54) is 0 Å². The Morgan fingerprint density at radius 3 is 2.66 bits per heavy atom. The first kappa shape index (κ1) is 22.3. The van der Waals surface area contributed by atoms with Gasteiger partial charge in [-0.3, -0.25) is 19.2 Å². The van der Waals surface area contributed by atoms with Crippen LogP contribution in [0.3, 0.4) is 0 Å². The predicted molar refractivity (Wildman–Crippen MR) is 127 cm³/mol. The molecule has 0 saturated carbocycles. The fourth-order valence-electron chi connectivity index (χ4n) is 4.99. The number of nitrogens with zero attached hydrogens (tertiary/aromatic N) is 3. The average Bonchev–Trinajstić information content (AvgIpc) is 2.97. The zero-order valence-corrected chi connectivity index (χ0v) is 19.9. The summed E-state index contributed by atoms with van der Waals surface area (Å²) in [4.78, 5) is 29.2. The van der Waals surface area contributed by atoms with Gasteiger partial charge in [0.05, 0.1) is 23.6 Å². The molecular formula is C26H34N4O2. The molecule has 0 radical (unpaired) electrons. The van der Waals surface area contributed by atoms with Crippen LogP contribution in [0, 0.1) is 12.3 Å². The Morgan fingerprint density at radius 1 is 1.22 bits per heavy atom. The van der Waals surface area contributed by atoms with Crippen molar-refractivity contribution in [2.45, 2.75) is 72.3 Å². The van der Waals surface area contributed by atoms with E-state index >= 15 is 0 Å². The molecule has 1 aromatic heterocycles. The Hall–Kier alpha value is -2.89. The molecule has 0 bridgehead atoms. The number of unbranched alkanes of at least 4 members (excludes halogenated alkanes) is 2. The molecule has 2 aliphatic rings. The molecule has 4 rings (SSSR count). The second kappa shape index (κ2) is 8.57. The third-order valence-corrected chi connectivity index (χ3v) is 6.73. The molecule has 1 aromatic carbocycles. The van der Waals surface area contributed by atoms with Crippen LogP contribution in [-0.2, 0) is 16.6 Å². The molecule has 1 amide bonds. The van der Waals surface area contributed by atoms with Gasteiger partial charge in [-0.05, 0) is 37.3 Å². The van der Waals surface area contributed by atoms with Crippen LogP contribution in [0.25, 0.3) is 0 Å². The Labute approximate surface area is 190 Å². The van der Waals surface area contributed by atoms with Gasteiger partial charge in [-0.2, -0.15) is 5.10 Å². The van der Waals surface area contributed by atoms with Crippen molar-refractivity contribution >= 4 is 23.1 Å². The maximum Gasteiger partial charge on any atom is 0.227 e. The van der Waals surface area contributed by atoms with Crippen LogP contribution in [0.15, 0.2) is 41.7 Å². The van der Waals surface area contributed by atoms with Crippen LogP contribution in [0.4, 0.5) is 11.4 Å². The van der Waals surface area contributed by atoms with Gasteiger partial charge in [-0.1, -0.05) is 45.7 Å². The van der Waals surface area contributed by atoms with Gasteiger partial charge < -0.3 is 5.32 Å². The van der Waals surface area contributed by atoms with E-state index in [9.17, 15) is 9.59 Å². The number of benzene rings is 1. The van der Waals surface area contributed by atoms with Gasteiger partial charge >= 0.3 is 0 Å². The van der Waals surface area contributed by atoms with Gasteiger partial charge in [0.1, 0.15) is 0 Å². The van der Waals surface area contributed by atoms with Crippen LogP contribution in [-0.4, -0.2) is 21.5 Å². The molecular weight excluding hydrogens is 400 g/mol. The highest BCUT2D eigenvalue weighted by atomic mass is 16.2. The fourth-order valence-corrected chi connectivity index (χ4v) is 4.99. The van der Waals surface area contributed by atoms with E-state index < -0.39 is 6.04 Å². The van der Waals surface area contributed by atoms with E-state index in [1.54, 1.807) is 0 Å². The van der Waals surface area contributed by atoms with Gasteiger partial charge in [0.25, 0.3) is 0 Å². The number of anilines is 2. The zero-order chi connectivity index (χ0) is 23.0. The second-order valence-corrected chi connectivity index (χ2v) is 9.91. The van der Waals surface area contributed by atoms with E-state index in [0.29, 0.717) is 18.4 Å². The number of amides is 1. The van der Waals surface area contributed by atoms with E-state index in [2.05, 4.69) is 31.2 Å². The molecule has 2 heterocycles. The first-order valence-corrected chi connectivity index (χ1v) is 11.7. The summed E-state index contributed by atoms with van der Waals surface area (Å²) in [7, 11) is 1.90. The number of para-hydroxylation sites is 2. The molecule has 0 saturated heterocycles. The van der Waals surface area contributed by atoms with E-state index in [1.807, 2.05) is 54.0 Å². The molecule has 6 nitrogen and oxygen atoms in total. The highest BCUT2D eigenvalue weighted by Gasteiger charge is 2.43. The monoisotopic (exact) mass is 434 g/mol. The van der Waals surface area contributed by atoms with Gasteiger partial charge in [0.2, 0.25) is 5.91 Å². The third-order valence-electron chi connectivity index (χ3n) is 6.73. The molecule has 170 valence electrons. The van der Waals surface area contributed by atoms with Crippen molar-refractivity contribution in [3.8, 4) is 0 Å². The highest BCUT2D eigenvalue weighted by Crippen LogP contribution is 2.48. The lowest BCUT2D eigenvalue weighted by molar-refractivity contribution is -0.119. The number of nitrogens with one attached hydrogen (secondary N) is 1. The van der Waals surface area contributed by atoms with Gasteiger partial charge in [-0.15, -0.1) is 0 Å². The van der Waals surface area contributed by atoms with E-state index in [0.717, 1.165) is 54.0 Å². The van der Waals surface area contributed by atoms with E-state index in [-0.39, 0.29) is 17.1 Å². The van der Waals surface area contributed by atoms with Crippen LogP contribution < -0.4 is 10.2 Å². The Balaban J connectivity index is 1.94. The predicted octanol–water partition coefficient (Wildman–Crippen LogP) is 5.45. The number of Topliss-reactive ketones (excluding diaryl/α,β-unsaturated/α-hetero) is 1. The number of ketones is 1. The molecule has 0 fully saturated rings. The number of hydrogen-bond donors (Lipinski definition) is 1. The summed E-state index contributed by atoms with van der Waals surface area (Å²) in [5.74, 6) is 0.156. The van der Waals surface area contributed by atoms with Crippen molar-refractivity contribution in [2.75, 3.05) is 10.2 Å². The summed E-state index contributed by atoms with van der Waals surface area (Å²) in [5.41, 5.74) is 5.07. The summed E-state index contributed by atoms with van der Waals surface area (Å²) in [6.07, 6.45) is 6.41. The topological polar surface area (TPSA) is 67.2 Å². The summed E-state index contributed by atoms with van der Waals surface area (Å²) in [5, 5.41) is 8.03. The molecule has 32 heavy (non-hydrogen) atoms. The fraction of sp³-hybridized carbons (Fsp3) is 0.500. The summed E-state index contributed by atoms with van der Waals surface area (Å²) in [6.45, 7) is 8.40. The number of fused-ring (bicyclic) bond motifs is 1. The van der Waals surface area contributed by atoms with Crippen LogP contribution in [0.5, 0.6) is 0 Å². The Kier molecular flexibility index (Phi) is 5.97. The smallest absolute Gasteiger partial charge is 0.227 e. The molecule has 0 unspecified atom stereocenters. The molecule has 2 aromatic rings. The standard InChI is InChI=1S/C26H34N4O2/c1-6-7-8-13-23(32)30-21-12-10-9-11-19(21)28-20-14-26(3,4)15-22(31)24(20)25(30)18-16-27-29(5)17(18)2/h9-12,16,25,28H,6-8,13-15H2,1-5H3/t25-/m1/s1. The van der Waals surface area contributed by atoms with E-state index in [4.69, 9.17) is 0 Å². The van der Waals surface area contributed by atoms with Crippen molar-refractivity contribution in [1.29, 1.82) is 0 Å². The zero-order valence-electron chi connectivity index (χ0n) is 19.9. The van der Waals surface area contributed by atoms with Crippen LogP contribution in [0.2, 0.25) is 0 Å². The normalized spacial score (nSPS) is 19.8. The van der Waals surface area contributed by atoms with Crippen molar-refractivity contribution in [3.63, 3.8) is 0 Å². The van der Waals surface area contributed by atoms with Gasteiger partial charge in [0, 0.05) is 42.4 Å². The summed E-state index contributed by atoms with van der Waals surface area (Å²) < 4.78 is 1.82. The minimum atomic E-state index is -0.479. The lowest BCUT2D eigenvalue weighted by atomic mass is 9.73. The highest BCUT2D eigenvalue weighted by molar-refractivity contribution is 6.06. The van der Waals surface area contributed by atoms with Crippen molar-refractivity contribution in [2.24, 2.45) is 12.5 Å². The third kappa shape index (κ3) is 3.98. The average molecular weight is 435 g/mol. The van der Waals surface area contributed by atoms with Crippen molar-refractivity contribution in [1.82, 2.24) is 9.78 Å². The number of aromatic nitrogens is 2. The molecule has 0 spiro atoms. The van der Waals surface area contributed by atoms with Crippen molar-refractivity contribution < 1.29 is 9.59 Å². The number of allylic oxidation sites excluding steroid dienone is 1. The maximum absolute atomic E-state index is 13.7. The largest absolute Gasteiger partial charge is 0.357 e. The summed E-state index contributed by atoms with van der Waals surface area (Å²) in [6, 6.07) is 7.42. The SMILES string of the molecule is CCCCCC(=O)N1c2ccccc2NC2=C(C(=O)CC(C)(C)C2)[C@H]1c1cnn(C)c1C. The second-order valence-electron chi connectivity index (χ2n) is 9.91. The Morgan fingerprint density at radius 2 is 1.97 bits per heavy atom. The summed E-state index contributed by atoms with van der Waals surface area (Å²) >= 11 is 0. The van der Waals surface area contributed by atoms with Gasteiger partial charge in [0.15, 0.2) is 5.78 Å². The minimum Gasteiger partial charge on any atom is -0.357 e. The first-order chi connectivity index (χ1) is 15.2. The molecule has 1 N–H and O–H groups in total. The maximum atomic E-state index is 13.7. The number of hydrogen-bond acceptors (Lipinski definition) is 4. The van der Waals surface area contributed by atoms with Gasteiger partial charge in [-0.25, -0.2) is 0 Å². The molecule has 1 aliphatic heterocycles. The first-order valence-electron chi connectivity index (χ1n) is 11.7. The number of carbonyl (C=O) groups excluding carboxylic acids is 2. The number of rotatable bonds is 5. The molecule has 1 aliphatic carbocycles. The van der Waals surface area contributed by atoms with Crippen LogP contribution >= 0.6 is 0 Å². The number of aryl methyl sites for hydroxylation is 1. The quantitative estimate of drug-likeness (QED) is 0.635. The molecule has 1 atom stereocenters. The minimum absolute atomic E-state index is 0.0485. The van der Waals surface area contributed by atoms with Crippen LogP contribution in [0.1, 0.15) is 76.6 Å². The molecule has 6 heteroatoms. The number of carbonyl (C=O) groups is 2. The van der Waals surface area contributed by atoms with Crippen molar-refractivity contribution in [3.05, 3.63) is 53.0 Å². The lowest BCUT2D eigenvalue weighted by Gasteiger charge is -2.37.